The Hall–Kier alpha value is -1.01. The van der Waals surface area contributed by atoms with E-state index in [1.54, 1.807) is 6.07 Å². The lowest BCUT2D eigenvalue weighted by Crippen LogP contribution is -2.55. The summed E-state index contributed by atoms with van der Waals surface area (Å²) in [6.07, 6.45) is 2.64. The summed E-state index contributed by atoms with van der Waals surface area (Å²) in [5, 5.41) is 3.89. The van der Waals surface area contributed by atoms with Gasteiger partial charge < -0.3 is 10.2 Å². The Labute approximate surface area is 115 Å². The van der Waals surface area contributed by atoms with Crippen molar-refractivity contribution in [2.45, 2.75) is 24.5 Å². The molecule has 1 aliphatic rings. The zero-order valence-corrected chi connectivity index (χ0v) is 11.9. The Balaban J connectivity index is 2.34. The topological polar surface area (TPSA) is 58.1 Å². The molecule has 0 spiro atoms. The van der Waals surface area contributed by atoms with Gasteiger partial charge in [-0.25, -0.2) is 9.97 Å². The predicted molar refractivity (Wildman–Crippen MR) is 73.3 cm³/mol. The van der Waals surface area contributed by atoms with Crippen LogP contribution in [0.2, 0.25) is 5.15 Å². The second-order valence-electron chi connectivity index (χ2n) is 3.94. The third-order valence-electron chi connectivity index (χ3n) is 2.86. The highest BCUT2D eigenvalue weighted by Crippen LogP contribution is 2.23. The molecule has 1 unspecified atom stereocenters. The lowest BCUT2D eigenvalue weighted by atomic mass is 10.1. The highest BCUT2D eigenvalue weighted by atomic mass is 35.5. The van der Waals surface area contributed by atoms with Crippen molar-refractivity contribution in [1.29, 1.82) is 0 Å². The molecule has 1 amide bonds. The quantitative estimate of drug-likeness (QED) is 0.519. The number of amides is 1. The van der Waals surface area contributed by atoms with E-state index in [0.29, 0.717) is 16.9 Å². The molecule has 98 valence electrons. The number of halogens is 1. The van der Waals surface area contributed by atoms with E-state index in [4.69, 9.17) is 11.6 Å². The third kappa shape index (κ3) is 2.70. The van der Waals surface area contributed by atoms with Crippen molar-refractivity contribution in [3.05, 3.63) is 11.2 Å². The molecule has 1 aromatic heterocycles. The molecule has 18 heavy (non-hydrogen) atoms. The number of rotatable bonds is 3. The van der Waals surface area contributed by atoms with Gasteiger partial charge in [0.25, 0.3) is 0 Å². The Bertz CT molecular complexity index is 457. The van der Waals surface area contributed by atoms with Crippen LogP contribution in [0.5, 0.6) is 0 Å². The Morgan fingerprint density at radius 2 is 2.39 bits per heavy atom. The van der Waals surface area contributed by atoms with Crippen LogP contribution < -0.4 is 10.2 Å². The van der Waals surface area contributed by atoms with Crippen molar-refractivity contribution in [2.75, 3.05) is 24.2 Å². The van der Waals surface area contributed by atoms with E-state index in [9.17, 15) is 4.79 Å². The van der Waals surface area contributed by atoms with Gasteiger partial charge in [0.05, 0.1) is 0 Å². The number of nitrogens with one attached hydrogen (secondary N) is 1. The van der Waals surface area contributed by atoms with Crippen LogP contribution in [0.15, 0.2) is 11.2 Å². The van der Waals surface area contributed by atoms with Crippen LogP contribution in [0.25, 0.3) is 0 Å². The van der Waals surface area contributed by atoms with Gasteiger partial charge in [0.1, 0.15) is 17.0 Å². The van der Waals surface area contributed by atoms with Gasteiger partial charge in [-0.3, -0.25) is 4.79 Å². The summed E-state index contributed by atoms with van der Waals surface area (Å²) in [5.74, 6) is 0.769. The molecule has 0 aliphatic carbocycles. The number of thioether (sulfide) groups is 1. The first-order valence-corrected chi connectivity index (χ1v) is 7.39. The molecule has 1 aromatic rings. The largest absolute Gasteiger partial charge is 0.353 e. The number of aromatic nitrogens is 2. The van der Waals surface area contributed by atoms with Crippen molar-refractivity contribution in [3.63, 3.8) is 0 Å². The van der Waals surface area contributed by atoms with Gasteiger partial charge in [0.15, 0.2) is 5.16 Å². The van der Waals surface area contributed by atoms with Gasteiger partial charge in [-0.15, -0.1) is 0 Å². The van der Waals surface area contributed by atoms with E-state index >= 15 is 0 Å². The van der Waals surface area contributed by atoms with Crippen LogP contribution in [-0.4, -0.2) is 41.3 Å². The summed E-state index contributed by atoms with van der Waals surface area (Å²) >= 11 is 7.42. The highest BCUT2D eigenvalue weighted by Gasteiger charge is 2.29. The Kier molecular flexibility index (Phi) is 4.29. The zero-order chi connectivity index (χ0) is 13.1. The number of piperazine rings is 1. The Morgan fingerprint density at radius 3 is 3.06 bits per heavy atom. The summed E-state index contributed by atoms with van der Waals surface area (Å²) in [6, 6.07) is 1.53. The minimum absolute atomic E-state index is 0.0455. The molecule has 1 fully saturated rings. The van der Waals surface area contributed by atoms with Gasteiger partial charge in [-0.1, -0.05) is 30.3 Å². The highest BCUT2D eigenvalue weighted by molar-refractivity contribution is 7.98. The molecule has 1 aliphatic heterocycles. The summed E-state index contributed by atoms with van der Waals surface area (Å²) < 4.78 is 0. The zero-order valence-electron chi connectivity index (χ0n) is 10.3. The summed E-state index contributed by atoms with van der Waals surface area (Å²) in [4.78, 5) is 22.3. The molecule has 1 saturated heterocycles. The molecule has 0 aromatic carbocycles. The number of hydrogen-bond acceptors (Lipinski definition) is 5. The molecule has 1 atom stereocenters. The van der Waals surface area contributed by atoms with Crippen molar-refractivity contribution in [3.8, 4) is 0 Å². The molecule has 5 nitrogen and oxygen atoms in total. The van der Waals surface area contributed by atoms with E-state index in [0.717, 1.165) is 18.8 Å². The maximum Gasteiger partial charge on any atom is 0.242 e. The van der Waals surface area contributed by atoms with Crippen molar-refractivity contribution >= 4 is 35.1 Å². The molecule has 0 saturated carbocycles. The number of nitrogens with zero attached hydrogens (tertiary/aromatic N) is 3. The first kappa shape index (κ1) is 13.4. The number of carbonyl (C=O) groups is 1. The molecule has 0 radical (unpaired) electrons. The summed E-state index contributed by atoms with van der Waals surface area (Å²) in [5.41, 5.74) is 0. The van der Waals surface area contributed by atoms with Crippen LogP contribution in [0.1, 0.15) is 13.3 Å². The number of carbonyl (C=O) groups excluding carboxylic acids is 1. The SMILES string of the molecule is CCC1C(=O)NCCN1c1cc(Cl)nc(SC)n1. The van der Waals surface area contributed by atoms with E-state index in [-0.39, 0.29) is 11.9 Å². The second-order valence-corrected chi connectivity index (χ2v) is 5.10. The second kappa shape index (κ2) is 5.75. The Morgan fingerprint density at radius 1 is 1.61 bits per heavy atom. The fourth-order valence-electron chi connectivity index (χ4n) is 2.02. The van der Waals surface area contributed by atoms with Crippen LogP contribution in [0.3, 0.4) is 0 Å². The minimum atomic E-state index is -0.181. The summed E-state index contributed by atoms with van der Waals surface area (Å²) in [7, 11) is 0. The van der Waals surface area contributed by atoms with Gasteiger partial charge in [0, 0.05) is 19.2 Å². The standard InChI is InChI=1S/C11H15ClN4OS/c1-3-7-10(17)13-4-5-16(7)9-6-8(12)14-11(15-9)18-2/h6-7H,3-5H2,1-2H3,(H,13,17). The first-order valence-electron chi connectivity index (χ1n) is 5.78. The predicted octanol–water partition coefficient (Wildman–Crippen LogP) is 1.57. The van der Waals surface area contributed by atoms with Gasteiger partial charge in [-0.05, 0) is 12.7 Å². The maximum absolute atomic E-state index is 11.8. The molecular weight excluding hydrogens is 272 g/mol. The average molecular weight is 287 g/mol. The van der Waals surface area contributed by atoms with Crippen LogP contribution >= 0.6 is 23.4 Å². The lowest BCUT2D eigenvalue weighted by molar-refractivity contribution is -0.123. The molecule has 7 heteroatoms. The van der Waals surface area contributed by atoms with Crippen LogP contribution in [0.4, 0.5) is 5.82 Å². The summed E-state index contributed by atoms with van der Waals surface area (Å²) in [6.45, 7) is 3.36. The van der Waals surface area contributed by atoms with E-state index in [2.05, 4.69) is 15.3 Å². The maximum atomic E-state index is 11.8. The van der Waals surface area contributed by atoms with E-state index in [1.165, 1.54) is 11.8 Å². The number of anilines is 1. The fraction of sp³-hybridized carbons (Fsp3) is 0.545. The average Bonchev–Trinajstić information content (AvgIpc) is 2.37. The van der Waals surface area contributed by atoms with Gasteiger partial charge in [-0.2, -0.15) is 0 Å². The molecule has 0 bridgehead atoms. The fourth-order valence-corrected chi connectivity index (χ4v) is 2.62. The van der Waals surface area contributed by atoms with Gasteiger partial charge in [0.2, 0.25) is 5.91 Å². The normalized spacial score (nSPS) is 19.8. The molecule has 2 heterocycles. The van der Waals surface area contributed by atoms with Crippen molar-refractivity contribution in [2.24, 2.45) is 0 Å². The van der Waals surface area contributed by atoms with E-state index in [1.807, 2.05) is 18.1 Å². The van der Waals surface area contributed by atoms with Gasteiger partial charge >= 0.3 is 0 Å². The number of hydrogen-bond donors (Lipinski definition) is 1. The molecule has 1 N–H and O–H groups in total. The van der Waals surface area contributed by atoms with Crippen molar-refractivity contribution < 1.29 is 4.79 Å². The van der Waals surface area contributed by atoms with Crippen molar-refractivity contribution in [1.82, 2.24) is 15.3 Å². The molecule has 2 rings (SSSR count). The van der Waals surface area contributed by atoms with Crippen LogP contribution in [-0.2, 0) is 4.79 Å². The minimum Gasteiger partial charge on any atom is -0.353 e. The monoisotopic (exact) mass is 286 g/mol. The third-order valence-corrected chi connectivity index (χ3v) is 3.60. The smallest absolute Gasteiger partial charge is 0.242 e. The van der Waals surface area contributed by atoms with Crippen LogP contribution in [0, 0.1) is 0 Å². The molecular formula is C11H15ClN4OS. The van der Waals surface area contributed by atoms with E-state index < -0.39 is 0 Å². The first-order chi connectivity index (χ1) is 8.65. The lowest BCUT2D eigenvalue weighted by Gasteiger charge is -2.35.